The molecule has 0 bridgehead atoms. The number of aryl methyl sites for hydroxylation is 1. The van der Waals surface area contributed by atoms with Gasteiger partial charge in [-0.3, -0.25) is 4.79 Å². The van der Waals surface area contributed by atoms with Crippen molar-refractivity contribution in [2.45, 2.75) is 78.6 Å². The molecule has 0 spiro atoms. The van der Waals surface area contributed by atoms with Gasteiger partial charge in [0.25, 0.3) is 5.91 Å². The van der Waals surface area contributed by atoms with Crippen LogP contribution in [0.3, 0.4) is 0 Å². The fourth-order valence-electron chi connectivity index (χ4n) is 3.44. The fraction of sp³-hybridized carbons (Fsp3) is 0.720. The summed E-state index contributed by atoms with van der Waals surface area (Å²) in [6, 6.07) is 6.52. The largest absolute Gasteiger partial charge is 1.00 e. The first kappa shape index (κ1) is 28.9. The molecule has 0 heterocycles. The number of quaternary nitrogens is 1. The Bertz CT molecular complexity index is 603. The lowest BCUT2D eigenvalue weighted by Gasteiger charge is -2.29. The van der Waals surface area contributed by atoms with E-state index in [4.69, 9.17) is 4.74 Å². The first-order valence-corrected chi connectivity index (χ1v) is 11.6. The first-order valence-electron chi connectivity index (χ1n) is 11.6. The molecule has 0 unspecified atom stereocenters. The molecule has 5 heteroatoms. The molecular weight excluding hydrogens is 440 g/mol. The van der Waals surface area contributed by atoms with Crippen LogP contribution in [0, 0.1) is 6.92 Å². The highest BCUT2D eigenvalue weighted by molar-refractivity contribution is 5.76. The van der Waals surface area contributed by atoms with Crippen LogP contribution in [0.15, 0.2) is 18.2 Å². The van der Waals surface area contributed by atoms with Crippen molar-refractivity contribution in [3.63, 3.8) is 0 Å². The number of likely N-dealkylation sites (N-methyl/N-ethyl adjacent to an activating group) is 1. The fourth-order valence-corrected chi connectivity index (χ4v) is 3.44. The number of nitrogens with zero attached hydrogens (tertiary/aromatic N) is 1. The Labute approximate surface area is 196 Å². The number of unbranched alkanes of at least 4 members (excludes halogenated alkanes) is 5. The van der Waals surface area contributed by atoms with Gasteiger partial charge in [0.15, 0.2) is 6.54 Å². The van der Waals surface area contributed by atoms with Gasteiger partial charge in [-0.25, -0.2) is 0 Å². The Morgan fingerprint density at radius 1 is 1.07 bits per heavy atom. The van der Waals surface area contributed by atoms with E-state index >= 15 is 0 Å². The molecule has 30 heavy (non-hydrogen) atoms. The van der Waals surface area contributed by atoms with Crippen molar-refractivity contribution < 1.29 is 31.0 Å². The second-order valence-corrected chi connectivity index (χ2v) is 9.32. The summed E-state index contributed by atoms with van der Waals surface area (Å²) in [5.41, 5.74) is 2.53. The van der Waals surface area contributed by atoms with E-state index in [1.54, 1.807) is 0 Å². The number of hydrogen-bond acceptors (Lipinski definition) is 2. The summed E-state index contributed by atoms with van der Waals surface area (Å²) >= 11 is 0. The van der Waals surface area contributed by atoms with Crippen LogP contribution in [-0.2, 0) is 4.79 Å². The summed E-state index contributed by atoms with van der Waals surface area (Å²) in [5.74, 6) is 1.71. The van der Waals surface area contributed by atoms with E-state index < -0.39 is 0 Å². The molecule has 0 fully saturated rings. The van der Waals surface area contributed by atoms with Crippen LogP contribution in [0.1, 0.15) is 82.8 Å². The van der Waals surface area contributed by atoms with Gasteiger partial charge in [0.05, 0.1) is 27.2 Å². The molecule has 1 N–H and O–H groups in total. The summed E-state index contributed by atoms with van der Waals surface area (Å²) in [5, 5.41) is 3.07. The van der Waals surface area contributed by atoms with Crippen LogP contribution in [0.4, 0.5) is 0 Å². The van der Waals surface area contributed by atoms with Gasteiger partial charge in [-0.05, 0) is 55.7 Å². The van der Waals surface area contributed by atoms with E-state index in [-0.39, 0.29) is 22.9 Å². The van der Waals surface area contributed by atoms with E-state index in [9.17, 15) is 4.79 Å². The standard InChI is InChI=1S/C25H44N2O2.BrH/c1-7-8-9-11-16-26-25(28)20-27(5,6)17-12-10-13-18-29-24-19-23(21(2)3)15-14-22(24)4;/h14-15,19,21H,7-13,16-18,20H2,1-6H3;1H. The number of halogens is 1. The van der Waals surface area contributed by atoms with Gasteiger partial charge >= 0.3 is 0 Å². The van der Waals surface area contributed by atoms with Crippen molar-refractivity contribution in [1.82, 2.24) is 5.32 Å². The number of carbonyl (C=O) groups excluding carboxylic acids is 1. The molecule has 0 aliphatic carbocycles. The molecule has 4 nitrogen and oxygen atoms in total. The molecule has 0 radical (unpaired) electrons. The zero-order valence-corrected chi connectivity index (χ0v) is 21.8. The highest BCUT2D eigenvalue weighted by atomic mass is 79.9. The molecule has 1 aromatic rings. The third-order valence-corrected chi connectivity index (χ3v) is 5.47. The molecule has 1 amide bonds. The van der Waals surface area contributed by atoms with Gasteiger partial charge in [0.2, 0.25) is 0 Å². The van der Waals surface area contributed by atoms with Crippen LogP contribution in [0.25, 0.3) is 0 Å². The van der Waals surface area contributed by atoms with E-state index in [1.807, 2.05) is 0 Å². The van der Waals surface area contributed by atoms with E-state index in [0.29, 0.717) is 12.5 Å². The minimum Gasteiger partial charge on any atom is -1.00 e. The number of ether oxygens (including phenoxy) is 1. The molecule has 1 rings (SSSR count). The minimum absolute atomic E-state index is 0. The molecule has 0 saturated heterocycles. The lowest BCUT2D eigenvalue weighted by atomic mass is 10.0. The second-order valence-electron chi connectivity index (χ2n) is 9.32. The topological polar surface area (TPSA) is 38.3 Å². The minimum atomic E-state index is 0. The SMILES string of the molecule is CCCCCCNC(=O)C[N+](C)(C)CCCCCOc1cc(C(C)C)ccc1C.[Br-]. The maximum atomic E-state index is 12.1. The average Bonchev–Trinajstić information content (AvgIpc) is 2.65. The summed E-state index contributed by atoms with van der Waals surface area (Å²) in [6.07, 6.45) is 8.07. The number of amides is 1. The van der Waals surface area contributed by atoms with Gasteiger partial charge in [-0.1, -0.05) is 52.2 Å². The van der Waals surface area contributed by atoms with Gasteiger partial charge in [0.1, 0.15) is 5.75 Å². The summed E-state index contributed by atoms with van der Waals surface area (Å²) in [7, 11) is 4.29. The normalized spacial score (nSPS) is 11.3. The van der Waals surface area contributed by atoms with Crippen molar-refractivity contribution in [3.05, 3.63) is 29.3 Å². The molecule has 0 atom stereocenters. The quantitative estimate of drug-likeness (QED) is 0.306. The lowest BCUT2D eigenvalue weighted by Crippen LogP contribution is -3.00. The number of nitrogens with one attached hydrogen (secondary N) is 1. The Hall–Kier alpha value is -1.07. The van der Waals surface area contributed by atoms with Crippen LogP contribution >= 0.6 is 0 Å². The maximum Gasteiger partial charge on any atom is 0.275 e. The Morgan fingerprint density at radius 3 is 2.43 bits per heavy atom. The van der Waals surface area contributed by atoms with E-state index in [0.717, 1.165) is 55.6 Å². The summed E-state index contributed by atoms with van der Waals surface area (Å²) in [6.45, 7) is 11.9. The number of hydrogen-bond donors (Lipinski definition) is 1. The third-order valence-electron chi connectivity index (χ3n) is 5.47. The number of benzene rings is 1. The molecule has 0 aromatic heterocycles. The van der Waals surface area contributed by atoms with Crippen molar-refractivity contribution in [3.8, 4) is 5.75 Å². The Balaban J connectivity index is 0.00000841. The van der Waals surface area contributed by atoms with Gasteiger partial charge in [0, 0.05) is 6.54 Å². The predicted octanol–water partition coefficient (Wildman–Crippen LogP) is 2.44. The van der Waals surface area contributed by atoms with E-state index in [1.165, 1.54) is 30.4 Å². The zero-order valence-electron chi connectivity index (χ0n) is 20.2. The molecule has 0 saturated carbocycles. The molecular formula is C25H45BrN2O2. The molecule has 1 aromatic carbocycles. The Kier molecular flexibility index (Phi) is 15.1. The highest BCUT2D eigenvalue weighted by Gasteiger charge is 2.19. The summed E-state index contributed by atoms with van der Waals surface area (Å²) in [4.78, 5) is 12.1. The highest BCUT2D eigenvalue weighted by Crippen LogP contribution is 2.24. The maximum absolute atomic E-state index is 12.1. The van der Waals surface area contributed by atoms with Crippen LogP contribution in [0.5, 0.6) is 5.75 Å². The number of rotatable bonds is 15. The van der Waals surface area contributed by atoms with E-state index in [2.05, 4.69) is 65.3 Å². The van der Waals surface area contributed by atoms with Gasteiger partial charge in [-0.2, -0.15) is 0 Å². The predicted molar refractivity (Wildman–Crippen MR) is 124 cm³/mol. The van der Waals surface area contributed by atoms with Gasteiger partial charge < -0.3 is 31.5 Å². The Morgan fingerprint density at radius 2 is 1.77 bits per heavy atom. The lowest BCUT2D eigenvalue weighted by molar-refractivity contribution is -0.882. The third kappa shape index (κ3) is 12.6. The monoisotopic (exact) mass is 484 g/mol. The second kappa shape index (κ2) is 15.7. The van der Waals surface area contributed by atoms with Crippen molar-refractivity contribution in [1.29, 1.82) is 0 Å². The van der Waals surface area contributed by atoms with Gasteiger partial charge in [-0.15, -0.1) is 0 Å². The molecule has 0 aliphatic rings. The zero-order chi connectivity index (χ0) is 21.7. The van der Waals surface area contributed by atoms with Crippen LogP contribution in [0.2, 0.25) is 0 Å². The van der Waals surface area contributed by atoms with Crippen molar-refractivity contribution in [2.24, 2.45) is 0 Å². The van der Waals surface area contributed by atoms with Crippen molar-refractivity contribution >= 4 is 5.91 Å². The number of carbonyl (C=O) groups is 1. The average molecular weight is 486 g/mol. The van der Waals surface area contributed by atoms with Crippen molar-refractivity contribution in [2.75, 3.05) is 40.3 Å². The smallest absolute Gasteiger partial charge is 0.275 e. The summed E-state index contributed by atoms with van der Waals surface area (Å²) < 4.78 is 6.77. The molecule has 0 aliphatic heterocycles. The first-order chi connectivity index (χ1) is 13.7. The molecule has 174 valence electrons. The van der Waals surface area contributed by atoms with Crippen LogP contribution in [-0.4, -0.2) is 50.7 Å². The van der Waals surface area contributed by atoms with Crippen LogP contribution < -0.4 is 27.0 Å².